The number of nitrogens with zero attached hydrogens (tertiary/aromatic N) is 2. The number of nitrogens with one attached hydrogen (secondary N) is 1. The second-order valence-electron chi connectivity index (χ2n) is 5.85. The van der Waals surface area contributed by atoms with Crippen molar-refractivity contribution >= 4 is 11.6 Å². The lowest BCUT2D eigenvalue weighted by atomic mass is 10.2. The van der Waals surface area contributed by atoms with E-state index in [1.807, 2.05) is 62.6 Å². The maximum atomic E-state index is 5.95. The Hall–Kier alpha value is -2.73. The first-order chi connectivity index (χ1) is 12.1. The zero-order chi connectivity index (χ0) is 18.1. The van der Waals surface area contributed by atoms with Crippen molar-refractivity contribution < 1.29 is 9.47 Å². The van der Waals surface area contributed by atoms with Crippen LogP contribution in [0.5, 0.6) is 11.5 Å². The van der Waals surface area contributed by atoms with E-state index in [-0.39, 0.29) is 0 Å². The summed E-state index contributed by atoms with van der Waals surface area (Å²) in [4.78, 5) is 6.45. The fraction of sp³-hybridized carbons (Fsp3) is 0.316. The molecular weight excluding hydrogens is 316 g/mol. The maximum absolute atomic E-state index is 5.95. The van der Waals surface area contributed by atoms with E-state index in [9.17, 15) is 0 Å². The topological polar surface area (TPSA) is 72.1 Å². The summed E-state index contributed by atoms with van der Waals surface area (Å²) in [7, 11) is 5.68. The molecule has 0 atom stereocenters. The minimum absolute atomic E-state index is 0.365. The summed E-state index contributed by atoms with van der Waals surface area (Å²) in [6.45, 7) is 2.02. The summed E-state index contributed by atoms with van der Waals surface area (Å²) in [6.07, 6.45) is 0. The number of hydrogen-bond acceptors (Lipinski definition) is 4. The van der Waals surface area contributed by atoms with Gasteiger partial charge in [-0.25, -0.2) is 4.99 Å². The van der Waals surface area contributed by atoms with E-state index in [1.54, 1.807) is 7.11 Å². The van der Waals surface area contributed by atoms with E-state index in [2.05, 4.69) is 15.2 Å². The van der Waals surface area contributed by atoms with E-state index >= 15 is 0 Å². The molecule has 2 aromatic rings. The molecule has 0 aliphatic carbocycles. The van der Waals surface area contributed by atoms with Gasteiger partial charge < -0.3 is 25.4 Å². The Labute approximate surface area is 149 Å². The van der Waals surface area contributed by atoms with Crippen LogP contribution >= 0.6 is 0 Å². The Morgan fingerprint density at radius 2 is 1.88 bits per heavy atom. The lowest BCUT2D eigenvalue weighted by Crippen LogP contribution is -2.22. The van der Waals surface area contributed by atoms with Crippen LogP contribution in [0.1, 0.15) is 5.56 Å². The van der Waals surface area contributed by atoms with Gasteiger partial charge in [-0.2, -0.15) is 0 Å². The van der Waals surface area contributed by atoms with Gasteiger partial charge in [0.25, 0.3) is 0 Å². The molecule has 2 rings (SSSR count). The second-order valence-corrected chi connectivity index (χ2v) is 5.85. The fourth-order valence-electron chi connectivity index (χ4n) is 2.12. The molecule has 6 nitrogen and oxygen atoms in total. The molecule has 0 saturated carbocycles. The van der Waals surface area contributed by atoms with Crippen molar-refractivity contribution in [3.8, 4) is 11.5 Å². The summed E-state index contributed by atoms with van der Waals surface area (Å²) in [5, 5.41) is 3.06. The Balaban J connectivity index is 1.88. The third kappa shape index (κ3) is 6.73. The molecule has 0 bridgehead atoms. The molecule has 0 aromatic heterocycles. The van der Waals surface area contributed by atoms with Crippen LogP contribution in [0, 0.1) is 0 Å². The number of likely N-dealkylation sites (N-methyl/N-ethyl adjacent to an activating group) is 1. The maximum Gasteiger partial charge on any atom is 0.193 e. The van der Waals surface area contributed by atoms with Gasteiger partial charge in [-0.05, 0) is 56.1 Å². The van der Waals surface area contributed by atoms with Crippen molar-refractivity contribution in [3.63, 3.8) is 0 Å². The van der Waals surface area contributed by atoms with E-state index in [1.165, 1.54) is 0 Å². The number of anilines is 1. The normalized spacial score (nSPS) is 11.4. The van der Waals surface area contributed by atoms with Gasteiger partial charge in [0.05, 0.1) is 13.7 Å². The summed E-state index contributed by atoms with van der Waals surface area (Å²) in [6, 6.07) is 15.4. The van der Waals surface area contributed by atoms with Crippen LogP contribution in [0.3, 0.4) is 0 Å². The molecule has 0 aliphatic rings. The molecule has 0 amide bonds. The van der Waals surface area contributed by atoms with Crippen molar-refractivity contribution in [2.45, 2.75) is 6.54 Å². The molecule has 3 N–H and O–H groups in total. The summed E-state index contributed by atoms with van der Waals surface area (Å²) in [5.74, 6) is 2.01. The first-order valence-corrected chi connectivity index (χ1v) is 8.14. The predicted octanol–water partition coefficient (Wildman–Crippen LogP) is 2.56. The first kappa shape index (κ1) is 18.6. The first-order valence-electron chi connectivity index (χ1n) is 8.14. The molecule has 134 valence electrons. The molecule has 0 radical (unpaired) electrons. The summed E-state index contributed by atoms with van der Waals surface area (Å²) < 4.78 is 10.9. The Morgan fingerprint density at radius 3 is 2.56 bits per heavy atom. The smallest absolute Gasteiger partial charge is 0.193 e. The highest BCUT2D eigenvalue weighted by atomic mass is 16.5. The van der Waals surface area contributed by atoms with Crippen LogP contribution in [0.15, 0.2) is 53.5 Å². The van der Waals surface area contributed by atoms with Gasteiger partial charge in [0, 0.05) is 12.2 Å². The number of ether oxygens (including phenoxy) is 2. The Morgan fingerprint density at radius 1 is 1.12 bits per heavy atom. The number of hydrogen-bond donors (Lipinski definition) is 2. The largest absolute Gasteiger partial charge is 0.497 e. The zero-order valence-corrected chi connectivity index (χ0v) is 15.0. The van der Waals surface area contributed by atoms with Crippen LogP contribution in [0.2, 0.25) is 0 Å². The third-order valence-corrected chi connectivity index (χ3v) is 3.50. The van der Waals surface area contributed by atoms with Gasteiger partial charge in [0.1, 0.15) is 18.1 Å². The fourth-order valence-corrected chi connectivity index (χ4v) is 2.12. The average molecular weight is 342 g/mol. The standard InChI is InChI=1S/C19H26N4O2/c1-23(2)11-12-25-18-6-4-5-15(13-18)14-21-19(20)22-16-7-9-17(24-3)10-8-16/h4-10,13H,11-12,14H2,1-3H3,(H3,20,21,22). The van der Waals surface area contributed by atoms with Crippen molar-refractivity contribution in [1.29, 1.82) is 0 Å². The van der Waals surface area contributed by atoms with Gasteiger partial charge in [0.2, 0.25) is 0 Å². The summed E-state index contributed by atoms with van der Waals surface area (Å²) >= 11 is 0. The minimum atomic E-state index is 0.365. The Bertz CT molecular complexity index is 684. The molecule has 0 spiro atoms. The van der Waals surface area contributed by atoms with Crippen molar-refractivity contribution in [2.75, 3.05) is 39.7 Å². The molecular formula is C19H26N4O2. The molecule has 6 heteroatoms. The van der Waals surface area contributed by atoms with E-state index < -0.39 is 0 Å². The average Bonchev–Trinajstić information content (AvgIpc) is 2.61. The highest BCUT2D eigenvalue weighted by Gasteiger charge is 2.00. The molecule has 0 saturated heterocycles. The Kier molecular flexibility index (Phi) is 7.10. The van der Waals surface area contributed by atoms with E-state index in [0.717, 1.165) is 29.3 Å². The zero-order valence-electron chi connectivity index (χ0n) is 15.0. The third-order valence-electron chi connectivity index (χ3n) is 3.50. The van der Waals surface area contributed by atoms with E-state index in [4.69, 9.17) is 15.2 Å². The lowest BCUT2D eigenvalue weighted by Gasteiger charge is -2.11. The van der Waals surface area contributed by atoms with Crippen LogP contribution in [0.4, 0.5) is 5.69 Å². The number of nitrogens with two attached hydrogens (primary N) is 1. The number of benzene rings is 2. The van der Waals surface area contributed by atoms with Crippen molar-refractivity contribution in [1.82, 2.24) is 4.90 Å². The molecule has 2 aromatic carbocycles. The molecule has 25 heavy (non-hydrogen) atoms. The van der Waals surface area contributed by atoms with Gasteiger partial charge in [-0.1, -0.05) is 12.1 Å². The number of methoxy groups -OCH3 is 1. The molecule has 0 aliphatic heterocycles. The van der Waals surface area contributed by atoms with Crippen LogP contribution < -0.4 is 20.5 Å². The monoisotopic (exact) mass is 342 g/mol. The quantitative estimate of drug-likeness (QED) is 0.570. The summed E-state index contributed by atoms with van der Waals surface area (Å²) in [5.41, 5.74) is 7.85. The van der Waals surface area contributed by atoms with Gasteiger partial charge >= 0.3 is 0 Å². The molecule has 0 fully saturated rings. The highest BCUT2D eigenvalue weighted by Crippen LogP contribution is 2.16. The SMILES string of the molecule is COc1ccc(NC(N)=NCc2cccc(OCCN(C)C)c2)cc1. The van der Waals surface area contributed by atoms with Gasteiger partial charge in [-0.15, -0.1) is 0 Å². The second kappa shape index (κ2) is 9.54. The number of guanidine groups is 1. The predicted molar refractivity (Wildman–Crippen MR) is 102 cm³/mol. The van der Waals surface area contributed by atoms with Crippen LogP contribution in [-0.4, -0.2) is 45.2 Å². The van der Waals surface area contributed by atoms with Crippen LogP contribution in [-0.2, 0) is 6.54 Å². The van der Waals surface area contributed by atoms with Crippen LogP contribution in [0.25, 0.3) is 0 Å². The van der Waals surface area contributed by atoms with Crippen molar-refractivity contribution in [3.05, 3.63) is 54.1 Å². The minimum Gasteiger partial charge on any atom is -0.497 e. The number of rotatable bonds is 8. The lowest BCUT2D eigenvalue weighted by molar-refractivity contribution is 0.261. The van der Waals surface area contributed by atoms with Gasteiger partial charge in [-0.3, -0.25) is 0 Å². The molecule has 0 heterocycles. The molecule has 0 unspecified atom stereocenters. The number of aliphatic imine (C=N–C) groups is 1. The van der Waals surface area contributed by atoms with Crippen molar-refractivity contribution in [2.24, 2.45) is 10.7 Å². The highest BCUT2D eigenvalue weighted by molar-refractivity contribution is 5.92. The van der Waals surface area contributed by atoms with E-state index in [0.29, 0.717) is 19.1 Å². The van der Waals surface area contributed by atoms with Gasteiger partial charge in [0.15, 0.2) is 5.96 Å².